The maximum absolute atomic E-state index is 14.9. The van der Waals surface area contributed by atoms with E-state index in [0.717, 1.165) is 50.3 Å². The SMILES string of the molecule is CC(=O)c1cc2cnc(Nc3ccc(N4CCNCC4)c(F)c3)nc2n(Cc2cncnc2C2CC2)c1=O. The van der Waals surface area contributed by atoms with Gasteiger partial charge in [-0.1, -0.05) is 0 Å². The quantitative estimate of drug-likeness (QED) is 0.359. The lowest BCUT2D eigenvalue weighted by Crippen LogP contribution is -2.43. The summed E-state index contributed by atoms with van der Waals surface area (Å²) >= 11 is 0. The number of hydrogen-bond acceptors (Lipinski definition) is 9. The smallest absolute Gasteiger partial charge is 0.263 e. The molecule has 4 aromatic rings. The molecular weight excluding hydrogens is 487 g/mol. The van der Waals surface area contributed by atoms with Crippen LogP contribution < -0.4 is 21.1 Å². The van der Waals surface area contributed by atoms with Crippen molar-refractivity contribution in [3.63, 3.8) is 0 Å². The van der Waals surface area contributed by atoms with Gasteiger partial charge in [-0.15, -0.1) is 0 Å². The van der Waals surface area contributed by atoms with Crippen LogP contribution in [0.1, 0.15) is 47.3 Å². The van der Waals surface area contributed by atoms with Crippen LogP contribution in [0.5, 0.6) is 0 Å². The van der Waals surface area contributed by atoms with Crippen LogP contribution in [0.25, 0.3) is 11.0 Å². The number of carbonyl (C=O) groups is 1. The van der Waals surface area contributed by atoms with Gasteiger partial charge in [0.15, 0.2) is 5.78 Å². The number of ketones is 1. The number of halogens is 1. The highest BCUT2D eigenvalue weighted by atomic mass is 19.1. The first-order valence-electron chi connectivity index (χ1n) is 12.7. The summed E-state index contributed by atoms with van der Waals surface area (Å²) in [5.41, 5.74) is 2.77. The van der Waals surface area contributed by atoms with Crippen LogP contribution >= 0.6 is 0 Å². The zero-order valence-electron chi connectivity index (χ0n) is 20.9. The van der Waals surface area contributed by atoms with Crippen molar-refractivity contribution in [2.75, 3.05) is 36.4 Å². The molecule has 38 heavy (non-hydrogen) atoms. The third kappa shape index (κ3) is 4.72. The number of nitrogens with zero attached hydrogens (tertiary/aromatic N) is 6. The highest BCUT2D eigenvalue weighted by molar-refractivity contribution is 5.96. The zero-order chi connectivity index (χ0) is 26.2. The lowest BCUT2D eigenvalue weighted by molar-refractivity contribution is 0.101. The molecule has 0 atom stereocenters. The fraction of sp³-hybridized carbons (Fsp3) is 0.333. The summed E-state index contributed by atoms with van der Waals surface area (Å²) in [6, 6.07) is 6.46. The Bertz CT molecular complexity index is 1590. The van der Waals surface area contributed by atoms with Gasteiger partial charge in [-0.3, -0.25) is 14.2 Å². The molecule has 2 aliphatic rings. The Labute approximate surface area is 218 Å². The molecule has 11 heteroatoms. The lowest BCUT2D eigenvalue weighted by atomic mass is 10.1. The Hall–Kier alpha value is -4.25. The molecule has 0 radical (unpaired) electrons. The third-order valence-corrected chi connectivity index (χ3v) is 6.98. The van der Waals surface area contributed by atoms with E-state index in [1.165, 1.54) is 30.0 Å². The molecule has 3 aromatic heterocycles. The van der Waals surface area contributed by atoms with E-state index in [1.807, 2.05) is 4.90 Å². The molecule has 0 spiro atoms. The second-order valence-electron chi connectivity index (χ2n) is 9.71. The molecule has 4 heterocycles. The molecule has 0 unspecified atom stereocenters. The van der Waals surface area contributed by atoms with Gasteiger partial charge in [-0.2, -0.15) is 4.98 Å². The third-order valence-electron chi connectivity index (χ3n) is 6.98. The monoisotopic (exact) mass is 514 g/mol. The number of piperazine rings is 1. The first-order chi connectivity index (χ1) is 18.5. The summed E-state index contributed by atoms with van der Waals surface area (Å²) in [6.07, 6.45) is 6.88. The first-order valence-corrected chi connectivity index (χ1v) is 12.7. The average Bonchev–Trinajstić information content (AvgIpc) is 3.76. The molecule has 0 bridgehead atoms. The van der Waals surface area contributed by atoms with Gasteiger partial charge >= 0.3 is 0 Å². The number of fused-ring (bicyclic) bond motifs is 1. The normalized spacial score (nSPS) is 15.6. The largest absolute Gasteiger partial charge is 0.367 e. The minimum absolute atomic E-state index is 0.0669. The highest BCUT2D eigenvalue weighted by Crippen LogP contribution is 2.40. The van der Waals surface area contributed by atoms with Gasteiger partial charge in [0.05, 0.1) is 23.5 Å². The van der Waals surface area contributed by atoms with Gasteiger partial charge in [-0.25, -0.2) is 19.3 Å². The van der Waals surface area contributed by atoms with Crippen molar-refractivity contribution in [1.29, 1.82) is 0 Å². The lowest BCUT2D eigenvalue weighted by Gasteiger charge is -2.29. The van der Waals surface area contributed by atoms with Crippen molar-refractivity contribution in [2.45, 2.75) is 32.2 Å². The maximum Gasteiger partial charge on any atom is 0.263 e. The van der Waals surface area contributed by atoms with E-state index in [4.69, 9.17) is 0 Å². The summed E-state index contributed by atoms with van der Waals surface area (Å²) in [5, 5.41) is 6.87. The molecule has 194 valence electrons. The van der Waals surface area contributed by atoms with Crippen LogP contribution in [0.4, 0.5) is 21.7 Å². The fourth-order valence-corrected chi connectivity index (χ4v) is 4.88. The summed E-state index contributed by atoms with van der Waals surface area (Å²) in [5.74, 6) is -0.101. The number of hydrogen-bond donors (Lipinski definition) is 2. The van der Waals surface area contributed by atoms with Gasteiger partial charge in [0.1, 0.15) is 17.8 Å². The Balaban J connectivity index is 1.37. The zero-order valence-corrected chi connectivity index (χ0v) is 20.9. The Morgan fingerprint density at radius 1 is 1.16 bits per heavy atom. The number of aromatic nitrogens is 5. The second kappa shape index (κ2) is 9.90. The molecule has 1 aromatic carbocycles. The van der Waals surface area contributed by atoms with Crippen molar-refractivity contribution in [1.82, 2.24) is 29.8 Å². The Morgan fingerprint density at radius 2 is 1.97 bits per heavy atom. The van der Waals surface area contributed by atoms with Crippen LogP contribution in [0.15, 0.2) is 47.8 Å². The number of carbonyl (C=O) groups excluding carboxylic acids is 1. The van der Waals surface area contributed by atoms with E-state index in [1.54, 1.807) is 24.5 Å². The Kier molecular flexibility index (Phi) is 6.28. The van der Waals surface area contributed by atoms with Crippen molar-refractivity contribution in [2.24, 2.45) is 0 Å². The number of Topliss-reactive ketones (excluding diaryl/α,β-unsaturated/α-hetero) is 1. The number of anilines is 3. The van der Waals surface area contributed by atoms with E-state index < -0.39 is 5.56 Å². The predicted molar refractivity (Wildman–Crippen MR) is 142 cm³/mol. The van der Waals surface area contributed by atoms with E-state index in [2.05, 4.69) is 30.6 Å². The van der Waals surface area contributed by atoms with Gasteiger partial charge in [-0.05, 0) is 44.0 Å². The van der Waals surface area contributed by atoms with Gasteiger partial charge in [0.2, 0.25) is 5.95 Å². The highest BCUT2D eigenvalue weighted by Gasteiger charge is 2.28. The number of benzene rings is 1. The number of nitrogens with one attached hydrogen (secondary N) is 2. The first kappa shape index (κ1) is 24.1. The average molecular weight is 515 g/mol. The van der Waals surface area contributed by atoms with Gasteiger partial charge < -0.3 is 15.5 Å². The summed E-state index contributed by atoms with van der Waals surface area (Å²) in [4.78, 5) is 45.2. The summed E-state index contributed by atoms with van der Waals surface area (Å²) in [7, 11) is 0. The molecule has 6 rings (SSSR count). The fourth-order valence-electron chi connectivity index (χ4n) is 4.88. The summed E-state index contributed by atoms with van der Waals surface area (Å²) in [6.45, 7) is 4.65. The molecule has 1 saturated carbocycles. The number of pyridine rings is 1. The van der Waals surface area contributed by atoms with Gasteiger partial charge in [0.25, 0.3) is 5.56 Å². The molecule has 1 saturated heterocycles. The van der Waals surface area contributed by atoms with Crippen LogP contribution in [-0.2, 0) is 6.54 Å². The van der Waals surface area contributed by atoms with E-state index in [9.17, 15) is 14.0 Å². The Morgan fingerprint density at radius 3 is 2.71 bits per heavy atom. The molecular formula is C27H27FN8O2. The molecule has 1 aliphatic carbocycles. The van der Waals surface area contributed by atoms with Crippen molar-refractivity contribution < 1.29 is 9.18 Å². The molecule has 1 aliphatic heterocycles. The molecule has 0 amide bonds. The van der Waals surface area contributed by atoms with Crippen molar-refractivity contribution in [3.05, 3.63) is 76.0 Å². The van der Waals surface area contributed by atoms with Crippen molar-refractivity contribution >= 4 is 34.1 Å². The molecule has 2 fully saturated rings. The van der Waals surface area contributed by atoms with E-state index in [0.29, 0.717) is 28.3 Å². The maximum atomic E-state index is 14.9. The predicted octanol–water partition coefficient (Wildman–Crippen LogP) is 3.00. The summed E-state index contributed by atoms with van der Waals surface area (Å²) < 4.78 is 16.4. The minimum atomic E-state index is -0.438. The van der Waals surface area contributed by atoms with E-state index >= 15 is 0 Å². The topological polar surface area (TPSA) is 118 Å². The standard InChI is InChI=1S/C27H27FN8O2/c1-16(37)21-10-18-13-31-27(33-20-4-5-23(22(28)11-20)35-8-6-29-7-9-35)34-25(18)36(26(21)38)14-19-12-30-15-32-24(19)17-2-3-17/h4-5,10-13,15,17,29H,2-3,6-9,14H2,1H3,(H,31,33,34). The minimum Gasteiger partial charge on any atom is -0.367 e. The van der Waals surface area contributed by atoms with Crippen LogP contribution in [0.2, 0.25) is 0 Å². The van der Waals surface area contributed by atoms with Crippen LogP contribution in [-0.4, -0.2) is 56.5 Å². The number of rotatable bonds is 7. The second-order valence-corrected chi connectivity index (χ2v) is 9.71. The van der Waals surface area contributed by atoms with Crippen molar-refractivity contribution in [3.8, 4) is 0 Å². The van der Waals surface area contributed by atoms with E-state index in [-0.39, 0.29) is 29.7 Å². The van der Waals surface area contributed by atoms with Crippen LogP contribution in [0, 0.1) is 5.82 Å². The molecule has 10 nitrogen and oxygen atoms in total. The molecule has 2 N–H and O–H groups in total. The van der Waals surface area contributed by atoms with Crippen LogP contribution in [0.3, 0.4) is 0 Å². The van der Waals surface area contributed by atoms with Gasteiger partial charge in [0, 0.05) is 61.1 Å².